The van der Waals surface area contributed by atoms with Crippen molar-refractivity contribution in [3.8, 4) is 0 Å². The molecule has 0 saturated heterocycles. The Hall–Kier alpha value is 1.15. The molecule has 4 atom stereocenters. The van der Waals surface area contributed by atoms with Crippen LogP contribution in [0.2, 0.25) is 0 Å². The van der Waals surface area contributed by atoms with Crippen LogP contribution in [0.25, 0.3) is 0 Å². The van der Waals surface area contributed by atoms with Crippen molar-refractivity contribution in [3.63, 3.8) is 0 Å². The van der Waals surface area contributed by atoms with Crippen molar-refractivity contribution < 1.29 is 84.9 Å². The van der Waals surface area contributed by atoms with E-state index in [2.05, 4.69) is 0 Å². The van der Waals surface area contributed by atoms with Crippen LogP contribution in [0.15, 0.2) is 0 Å². The van der Waals surface area contributed by atoms with Crippen molar-refractivity contribution in [2.45, 2.75) is 24.4 Å². The molecule has 0 heterocycles. The maximum Gasteiger partial charge on any atom is 3.00 e. The SMILES string of the molecule is OC[C@@H](O)[C@@H](O)[C@H](O)[C@@H](O)CO.[Cl-].[Cl-].[Cl-].[Fe+3]. The molecule has 0 amide bonds. The number of aliphatic hydroxyl groups is 6. The quantitative estimate of drug-likeness (QED) is 0.276. The summed E-state index contributed by atoms with van der Waals surface area (Å²) >= 11 is 0. The van der Waals surface area contributed by atoms with Crippen LogP contribution < -0.4 is 37.2 Å². The number of rotatable bonds is 5. The first kappa shape index (κ1) is 30.3. The minimum atomic E-state index is -1.67. The van der Waals surface area contributed by atoms with E-state index in [1.54, 1.807) is 0 Å². The second-order valence-electron chi connectivity index (χ2n) is 2.48. The Labute approximate surface area is 122 Å². The summed E-state index contributed by atoms with van der Waals surface area (Å²) in [7, 11) is 0. The molecule has 0 aliphatic heterocycles. The summed E-state index contributed by atoms with van der Waals surface area (Å²) in [5.41, 5.74) is 0. The van der Waals surface area contributed by atoms with E-state index in [0.29, 0.717) is 0 Å². The van der Waals surface area contributed by atoms with Crippen LogP contribution in [0, 0.1) is 0 Å². The third-order valence-electron chi connectivity index (χ3n) is 1.51. The molecule has 10 heteroatoms. The van der Waals surface area contributed by atoms with Gasteiger partial charge in [-0.2, -0.15) is 0 Å². The number of halogens is 3. The molecule has 16 heavy (non-hydrogen) atoms. The van der Waals surface area contributed by atoms with Gasteiger partial charge in [0.15, 0.2) is 0 Å². The van der Waals surface area contributed by atoms with Crippen LogP contribution in [0.5, 0.6) is 0 Å². The van der Waals surface area contributed by atoms with E-state index in [0.717, 1.165) is 0 Å². The maximum atomic E-state index is 8.96. The first-order valence-corrected chi connectivity index (χ1v) is 3.48. The van der Waals surface area contributed by atoms with E-state index in [4.69, 9.17) is 30.6 Å². The molecule has 103 valence electrons. The molecule has 0 saturated carbocycles. The Kier molecular flexibility index (Phi) is 30.6. The summed E-state index contributed by atoms with van der Waals surface area (Å²) in [6.07, 6.45) is -6.39. The zero-order chi connectivity index (χ0) is 9.72. The predicted octanol–water partition coefficient (Wildman–Crippen LogP) is -12.6. The minimum Gasteiger partial charge on any atom is -1.00 e. The monoisotopic (exact) mass is 343 g/mol. The van der Waals surface area contributed by atoms with Gasteiger partial charge in [0.05, 0.1) is 13.2 Å². The van der Waals surface area contributed by atoms with Crippen LogP contribution in [-0.2, 0) is 17.1 Å². The summed E-state index contributed by atoms with van der Waals surface area (Å²) < 4.78 is 0. The van der Waals surface area contributed by atoms with Gasteiger partial charge < -0.3 is 67.9 Å². The third kappa shape index (κ3) is 10.3. The minimum absolute atomic E-state index is 0. The Morgan fingerprint density at radius 2 is 0.812 bits per heavy atom. The second kappa shape index (κ2) is 16.1. The molecule has 0 bridgehead atoms. The van der Waals surface area contributed by atoms with E-state index in [9.17, 15) is 0 Å². The van der Waals surface area contributed by atoms with Gasteiger partial charge >= 0.3 is 17.1 Å². The number of hydrogen-bond donors (Lipinski definition) is 6. The summed E-state index contributed by atoms with van der Waals surface area (Å²) in [5.74, 6) is 0. The van der Waals surface area contributed by atoms with Crippen LogP contribution in [0.1, 0.15) is 0 Å². The zero-order valence-corrected chi connectivity index (χ0v) is 11.3. The molecule has 0 spiro atoms. The Morgan fingerprint density at radius 1 is 0.625 bits per heavy atom. The smallest absolute Gasteiger partial charge is 1.00 e. The molecule has 0 aromatic rings. The van der Waals surface area contributed by atoms with Crippen molar-refractivity contribution in [2.24, 2.45) is 0 Å². The third-order valence-corrected chi connectivity index (χ3v) is 1.51. The average molecular weight is 344 g/mol. The van der Waals surface area contributed by atoms with E-state index < -0.39 is 37.6 Å². The van der Waals surface area contributed by atoms with Gasteiger partial charge in [-0.15, -0.1) is 0 Å². The fourth-order valence-electron chi connectivity index (χ4n) is 0.671. The molecule has 0 rings (SSSR count). The summed E-state index contributed by atoms with van der Waals surface area (Å²) in [6, 6.07) is 0. The Bertz CT molecular complexity index is 121. The molecule has 0 unspecified atom stereocenters. The van der Waals surface area contributed by atoms with Crippen molar-refractivity contribution in [2.75, 3.05) is 13.2 Å². The Morgan fingerprint density at radius 3 is 0.938 bits per heavy atom. The molecule has 6 N–H and O–H groups in total. The predicted molar refractivity (Wildman–Crippen MR) is 38.2 cm³/mol. The van der Waals surface area contributed by atoms with Crippen molar-refractivity contribution in [1.82, 2.24) is 0 Å². The van der Waals surface area contributed by atoms with Gasteiger partial charge in [-0.3, -0.25) is 0 Å². The fourth-order valence-corrected chi connectivity index (χ4v) is 0.671. The van der Waals surface area contributed by atoms with Gasteiger partial charge in [0.1, 0.15) is 24.4 Å². The first-order chi connectivity index (χ1) is 5.54. The second-order valence-corrected chi connectivity index (χ2v) is 2.48. The molecule has 0 aromatic carbocycles. The van der Waals surface area contributed by atoms with E-state index >= 15 is 0 Å². The molecule has 0 aliphatic carbocycles. The average Bonchev–Trinajstić information content (AvgIpc) is 2.12. The van der Waals surface area contributed by atoms with Gasteiger partial charge in [-0.1, -0.05) is 0 Å². The first-order valence-electron chi connectivity index (χ1n) is 3.48. The van der Waals surface area contributed by atoms with E-state index in [1.165, 1.54) is 0 Å². The number of hydrogen-bond acceptors (Lipinski definition) is 6. The topological polar surface area (TPSA) is 121 Å². The molecular formula is C6H14Cl3FeO6. The molecule has 0 aliphatic rings. The summed E-state index contributed by atoms with van der Waals surface area (Å²) in [6.45, 7) is -1.45. The molecule has 6 nitrogen and oxygen atoms in total. The van der Waals surface area contributed by atoms with E-state index in [-0.39, 0.29) is 54.3 Å². The van der Waals surface area contributed by atoms with Gasteiger partial charge in [-0.25, -0.2) is 0 Å². The molecule has 1 radical (unpaired) electrons. The van der Waals surface area contributed by atoms with Gasteiger partial charge in [0.25, 0.3) is 0 Å². The zero-order valence-electron chi connectivity index (χ0n) is 7.89. The maximum absolute atomic E-state index is 8.96. The van der Waals surface area contributed by atoms with Gasteiger partial charge in [0, 0.05) is 0 Å². The van der Waals surface area contributed by atoms with Crippen LogP contribution in [0.3, 0.4) is 0 Å². The largest absolute Gasteiger partial charge is 3.00 e. The van der Waals surface area contributed by atoms with Crippen LogP contribution >= 0.6 is 0 Å². The van der Waals surface area contributed by atoms with Gasteiger partial charge in [-0.05, 0) is 0 Å². The molecule has 0 fully saturated rings. The summed E-state index contributed by atoms with van der Waals surface area (Å²) in [4.78, 5) is 0. The van der Waals surface area contributed by atoms with Crippen LogP contribution in [-0.4, -0.2) is 68.3 Å². The Balaban J connectivity index is -0.000000101. The molecule has 0 aromatic heterocycles. The normalized spacial score (nSPS) is 16.1. The number of aliphatic hydroxyl groups excluding tert-OH is 6. The van der Waals surface area contributed by atoms with Crippen molar-refractivity contribution in [1.29, 1.82) is 0 Å². The van der Waals surface area contributed by atoms with Crippen molar-refractivity contribution in [3.05, 3.63) is 0 Å². The van der Waals surface area contributed by atoms with E-state index in [1.807, 2.05) is 0 Å². The fraction of sp³-hybridized carbons (Fsp3) is 1.00. The van der Waals surface area contributed by atoms with Crippen LogP contribution in [0.4, 0.5) is 0 Å². The standard InChI is InChI=1S/C6H14O6.3ClH.Fe/c7-1-3(9)5(11)6(12)4(10)2-8;;;;/h3-12H,1-2H2;3*1H;/q;;;;+3/p-3/t3-,4+,5-,6-;;;;/m1..../s1. The van der Waals surface area contributed by atoms with Crippen molar-refractivity contribution >= 4 is 0 Å². The van der Waals surface area contributed by atoms with Gasteiger partial charge in [0.2, 0.25) is 0 Å². The molecular weight excluding hydrogens is 330 g/mol. The summed E-state index contributed by atoms with van der Waals surface area (Å²) in [5, 5.41) is 52.2.